The summed E-state index contributed by atoms with van der Waals surface area (Å²) >= 11 is 0. The molecular formula is C20H26N2O3. The maximum Gasteiger partial charge on any atom is 0.222 e. The monoisotopic (exact) mass is 342 g/mol. The van der Waals surface area contributed by atoms with Crippen LogP contribution >= 0.6 is 0 Å². The van der Waals surface area contributed by atoms with Crippen LogP contribution in [0.2, 0.25) is 0 Å². The Balaban J connectivity index is 1.49. The number of oxazole rings is 1. The van der Waals surface area contributed by atoms with Gasteiger partial charge in [0.2, 0.25) is 5.91 Å². The van der Waals surface area contributed by atoms with E-state index in [4.69, 9.17) is 4.42 Å². The van der Waals surface area contributed by atoms with Gasteiger partial charge in [-0.15, -0.1) is 0 Å². The van der Waals surface area contributed by atoms with Crippen LogP contribution < -0.4 is 0 Å². The summed E-state index contributed by atoms with van der Waals surface area (Å²) in [6.07, 6.45) is 7.55. The Morgan fingerprint density at radius 3 is 2.92 bits per heavy atom. The fourth-order valence-electron chi connectivity index (χ4n) is 3.47. The number of hydrogen-bond donors (Lipinski definition) is 1. The van der Waals surface area contributed by atoms with E-state index in [-0.39, 0.29) is 18.6 Å². The molecule has 0 radical (unpaired) electrons. The first-order valence-electron chi connectivity index (χ1n) is 9.18. The lowest BCUT2D eigenvalue weighted by atomic mass is 9.99. The fourth-order valence-corrected chi connectivity index (χ4v) is 3.47. The summed E-state index contributed by atoms with van der Waals surface area (Å²) in [5.41, 5.74) is 1.01. The number of nitrogens with zero attached hydrogens (tertiary/aromatic N) is 2. The summed E-state index contributed by atoms with van der Waals surface area (Å²) in [6, 6.07) is 10.1. The van der Waals surface area contributed by atoms with Gasteiger partial charge in [-0.25, -0.2) is 4.98 Å². The molecule has 1 amide bonds. The van der Waals surface area contributed by atoms with E-state index in [0.29, 0.717) is 25.2 Å². The highest BCUT2D eigenvalue weighted by atomic mass is 16.4. The molecule has 1 fully saturated rings. The van der Waals surface area contributed by atoms with E-state index in [1.807, 2.05) is 35.2 Å². The smallest absolute Gasteiger partial charge is 0.222 e. The van der Waals surface area contributed by atoms with Crippen molar-refractivity contribution < 1.29 is 14.3 Å². The Hall–Kier alpha value is -2.14. The summed E-state index contributed by atoms with van der Waals surface area (Å²) < 4.78 is 5.79. The van der Waals surface area contributed by atoms with Gasteiger partial charge in [-0.05, 0) is 32.1 Å². The molecule has 0 saturated carbocycles. The first-order valence-corrected chi connectivity index (χ1v) is 9.18. The van der Waals surface area contributed by atoms with E-state index in [0.717, 1.165) is 43.6 Å². The molecule has 1 N–H and O–H groups in total. The topological polar surface area (TPSA) is 66.6 Å². The van der Waals surface area contributed by atoms with Gasteiger partial charge in [0.15, 0.2) is 11.7 Å². The van der Waals surface area contributed by atoms with E-state index < -0.39 is 0 Å². The van der Waals surface area contributed by atoms with Crippen molar-refractivity contribution in [2.75, 3.05) is 13.2 Å². The molecule has 0 bridgehead atoms. The third kappa shape index (κ3) is 4.69. The Morgan fingerprint density at radius 2 is 2.12 bits per heavy atom. The average Bonchev–Trinajstić information content (AvgIpc) is 3.12. The minimum atomic E-state index is 0.146. The molecule has 25 heavy (non-hydrogen) atoms. The molecule has 2 aromatic rings. The fraction of sp³-hybridized carbons (Fsp3) is 0.500. The number of hydrogen-bond acceptors (Lipinski definition) is 4. The van der Waals surface area contributed by atoms with Crippen molar-refractivity contribution in [2.24, 2.45) is 0 Å². The summed E-state index contributed by atoms with van der Waals surface area (Å²) in [5, 5.41) is 9.18. The minimum absolute atomic E-state index is 0.146. The third-order valence-electron chi connectivity index (χ3n) is 4.80. The number of likely N-dealkylation sites (tertiary alicyclic amines) is 1. The zero-order chi connectivity index (χ0) is 17.5. The van der Waals surface area contributed by atoms with Crippen molar-refractivity contribution in [3.8, 4) is 11.3 Å². The number of aliphatic hydroxyl groups excluding tert-OH is 1. The Labute approximate surface area is 148 Å². The molecule has 5 nitrogen and oxygen atoms in total. The predicted molar refractivity (Wildman–Crippen MR) is 95.9 cm³/mol. The van der Waals surface area contributed by atoms with Crippen molar-refractivity contribution >= 4 is 5.91 Å². The minimum Gasteiger partial charge on any atom is -0.441 e. The second-order valence-electron chi connectivity index (χ2n) is 6.59. The van der Waals surface area contributed by atoms with E-state index in [9.17, 15) is 9.90 Å². The van der Waals surface area contributed by atoms with E-state index in [2.05, 4.69) is 4.98 Å². The molecular weight excluding hydrogens is 316 g/mol. The Bertz CT molecular complexity index is 667. The van der Waals surface area contributed by atoms with E-state index in [1.54, 1.807) is 6.20 Å². The Kier molecular flexibility index (Phi) is 6.23. The largest absolute Gasteiger partial charge is 0.441 e. The van der Waals surface area contributed by atoms with Crippen molar-refractivity contribution in [3.63, 3.8) is 0 Å². The van der Waals surface area contributed by atoms with Crippen molar-refractivity contribution in [1.29, 1.82) is 0 Å². The number of rotatable bonds is 7. The van der Waals surface area contributed by atoms with Gasteiger partial charge in [0.1, 0.15) is 0 Å². The number of aliphatic hydroxyl groups is 1. The van der Waals surface area contributed by atoms with Gasteiger partial charge in [0.05, 0.1) is 6.20 Å². The molecule has 1 aromatic carbocycles. The molecule has 2 heterocycles. The SMILES string of the molecule is O=C(CCCc1ncc(-c2ccccc2)o1)N1CCCCC1CCO. The standard InChI is InChI=1S/C20H26N2O3/c23-14-12-17-9-4-5-13-22(17)20(24)11-6-10-19-21-15-18(25-19)16-7-2-1-3-8-16/h1-3,7-8,15,17,23H,4-6,9-14H2. The zero-order valence-corrected chi connectivity index (χ0v) is 14.6. The predicted octanol–water partition coefficient (Wildman–Crippen LogP) is 3.43. The van der Waals surface area contributed by atoms with Crippen LogP contribution in [0.3, 0.4) is 0 Å². The molecule has 134 valence electrons. The van der Waals surface area contributed by atoms with Crippen LogP contribution in [0.15, 0.2) is 40.9 Å². The summed E-state index contributed by atoms with van der Waals surface area (Å²) in [6.45, 7) is 0.966. The average molecular weight is 342 g/mol. The van der Waals surface area contributed by atoms with Gasteiger partial charge in [-0.2, -0.15) is 0 Å². The highest BCUT2D eigenvalue weighted by molar-refractivity contribution is 5.76. The van der Waals surface area contributed by atoms with Crippen LogP contribution in [0.1, 0.15) is 44.4 Å². The number of benzene rings is 1. The molecule has 1 saturated heterocycles. The van der Waals surface area contributed by atoms with Gasteiger partial charge in [-0.1, -0.05) is 30.3 Å². The number of amides is 1. The second-order valence-corrected chi connectivity index (χ2v) is 6.59. The quantitative estimate of drug-likeness (QED) is 0.837. The third-order valence-corrected chi connectivity index (χ3v) is 4.80. The second kappa shape index (κ2) is 8.81. The summed E-state index contributed by atoms with van der Waals surface area (Å²) in [4.78, 5) is 18.8. The number of aryl methyl sites for hydroxylation is 1. The number of carbonyl (C=O) groups is 1. The van der Waals surface area contributed by atoms with Crippen molar-refractivity contribution in [3.05, 3.63) is 42.4 Å². The molecule has 1 aliphatic heterocycles. The first kappa shape index (κ1) is 17.7. The van der Waals surface area contributed by atoms with E-state index >= 15 is 0 Å². The molecule has 1 atom stereocenters. The Morgan fingerprint density at radius 1 is 1.28 bits per heavy atom. The molecule has 0 spiro atoms. The van der Waals surface area contributed by atoms with Crippen molar-refractivity contribution in [1.82, 2.24) is 9.88 Å². The lowest BCUT2D eigenvalue weighted by Gasteiger charge is -2.35. The van der Waals surface area contributed by atoms with Gasteiger partial charge in [0.25, 0.3) is 0 Å². The molecule has 3 rings (SSSR count). The highest BCUT2D eigenvalue weighted by Gasteiger charge is 2.25. The number of carbonyl (C=O) groups excluding carboxylic acids is 1. The van der Waals surface area contributed by atoms with Crippen LogP contribution in [0.5, 0.6) is 0 Å². The van der Waals surface area contributed by atoms with Crippen LogP contribution in [0.25, 0.3) is 11.3 Å². The summed E-state index contributed by atoms with van der Waals surface area (Å²) in [7, 11) is 0. The van der Waals surface area contributed by atoms with Crippen LogP contribution in [0.4, 0.5) is 0 Å². The van der Waals surface area contributed by atoms with Crippen LogP contribution in [0, 0.1) is 0 Å². The van der Waals surface area contributed by atoms with Crippen LogP contribution in [-0.4, -0.2) is 40.1 Å². The lowest BCUT2D eigenvalue weighted by molar-refractivity contribution is -0.135. The van der Waals surface area contributed by atoms with Gasteiger partial charge in [0, 0.05) is 37.6 Å². The molecule has 5 heteroatoms. The molecule has 0 aliphatic carbocycles. The normalized spacial score (nSPS) is 17.6. The lowest BCUT2D eigenvalue weighted by Crippen LogP contribution is -2.44. The molecule has 1 aliphatic rings. The van der Waals surface area contributed by atoms with Gasteiger partial charge < -0.3 is 14.4 Å². The molecule has 1 aromatic heterocycles. The number of aromatic nitrogens is 1. The highest BCUT2D eigenvalue weighted by Crippen LogP contribution is 2.22. The maximum atomic E-state index is 12.5. The van der Waals surface area contributed by atoms with Gasteiger partial charge in [-0.3, -0.25) is 4.79 Å². The zero-order valence-electron chi connectivity index (χ0n) is 14.6. The maximum absolute atomic E-state index is 12.5. The molecule has 1 unspecified atom stereocenters. The summed E-state index contributed by atoms with van der Waals surface area (Å²) in [5.74, 6) is 1.63. The van der Waals surface area contributed by atoms with Crippen molar-refractivity contribution in [2.45, 2.75) is 51.0 Å². The van der Waals surface area contributed by atoms with Crippen LogP contribution in [-0.2, 0) is 11.2 Å². The number of piperidine rings is 1. The first-order chi connectivity index (χ1) is 12.3. The van der Waals surface area contributed by atoms with E-state index in [1.165, 1.54) is 0 Å². The van der Waals surface area contributed by atoms with Gasteiger partial charge >= 0.3 is 0 Å².